The van der Waals surface area contributed by atoms with Crippen LogP contribution < -0.4 is 0 Å². The van der Waals surface area contributed by atoms with Crippen molar-refractivity contribution in [2.75, 3.05) is 13.1 Å². The van der Waals surface area contributed by atoms with Gasteiger partial charge in [0.2, 0.25) is 0 Å². The predicted molar refractivity (Wildman–Crippen MR) is 81.5 cm³/mol. The van der Waals surface area contributed by atoms with Gasteiger partial charge in [-0.2, -0.15) is 0 Å². The number of amides is 1. The first-order valence-electron chi connectivity index (χ1n) is 7.41. The minimum atomic E-state index is -1.00. The SMILES string of the molecule is CC(C)(C)C1CCN(C(=O)c2cccc(C(=O)O)c2)CC1. The molecular weight excluding hydrogens is 266 g/mol. The van der Waals surface area contributed by atoms with Gasteiger partial charge in [-0.05, 0) is 42.4 Å². The highest BCUT2D eigenvalue weighted by Gasteiger charge is 2.30. The number of piperidine rings is 1. The van der Waals surface area contributed by atoms with Crippen molar-refractivity contribution in [1.29, 1.82) is 0 Å². The van der Waals surface area contributed by atoms with E-state index in [1.165, 1.54) is 12.1 Å². The Bertz CT molecular complexity index is 537. The summed E-state index contributed by atoms with van der Waals surface area (Å²) >= 11 is 0. The van der Waals surface area contributed by atoms with Crippen LogP contribution in [0.15, 0.2) is 24.3 Å². The van der Waals surface area contributed by atoms with E-state index >= 15 is 0 Å². The second-order valence-electron chi connectivity index (χ2n) is 6.82. The van der Waals surface area contributed by atoms with Crippen molar-refractivity contribution in [2.24, 2.45) is 11.3 Å². The number of hydrogen-bond acceptors (Lipinski definition) is 2. The van der Waals surface area contributed by atoms with Crippen LogP contribution >= 0.6 is 0 Å². The van der Waals surface area contributed by atoms with E-state index in [0.29, 0.717) is 11.5 Å². The van der Waals surface area contributed by atoms with Gasteiger partial charge in [-0.1, -0.05) is 26.8 Å². The Morgan fingerprint density at radius 1 is 1.14 bits per heavy atom. The highest BCUT2D eigenvalue weighted by Crippen LogP contribution is 2.34. The average molecular weight is 289 g/mol. The molecule has 4 nitrogen and oxygen atoms in total. The molecule has 4 heteroatoms. The molecule has 1 amide bonds. The van der Waals surface area contributed by atoms with Gasteiger partial charge >= 0.3 is 5.97 Å². The molecule has 1 N–H and O–H groups in total. The number of aromatic carboxylic acids is 1. The Kier molecular flexibility index (Phi) is 4.35. The molecule has 1 saturated heterocycles. The van der Waals surface area contributed by atoms with E-state index < -0.39 is 5.97 Å². The van der Waals surface area contributed by atoms with Gasteiger partial charge in [0.05, 0.1) is 5.56 Å². The summed E-state index contributed by atoms with van der Waals surface area (Å²) in [4.78, 5) is 25.3. The largest absolute Gasteiger partial charge is 0.478 e. The summed E-state index contributed by atoms with van der Waals surface area (Å²) in [6.07, 6.45) is 2.02. The molecule has 1 aliphatic heterocycles. The summed E-state index contributed by atoms with van der Waals surface area (Å²) in [6.45, 7) is 8.22. The van der Waals surface area contributed by atoms with Crippen molar-refractivity contribution in [3.05, 3.63) is 35.4 Å². The highest BCUT2D eigenvalue weighted by molar-refractivity contribution is 5.97. The Morgan fingerprint density at radius 3 is 2.24 bits per heavy atom. The summed E-state index contributed by atoms with van der Waals surface area (Å²) < 4.78 is 0. The Labute approximate surface area is 125 Å². The molecule has 0 aliphatic carbocycles. The van der Waals surface area contributed by atoms with E-state index in [-0.39, 0.29) is 16.9 Å². The van der Waals surface area contributed by atoms with Crippen LogP contribution in [0.3, 0.4) is 0 Å². The third kappa shape index (κ3) is 3.63. The molecule has 1 aromatic rings. The van der Waals surface area contributed by atoms with Crippen LogP contribution in [0.1, 0.15) is 54.3 Å². The van der Waals surface area contributed by atoms with Crippen LogP contribution in [0.25, 0.3) is 0 Å². The fourth-order valence-electron chi connectivity index (χ4n) is 2.92. The highest BCUT2D eigenvalue weighted by atomic mass is 16.4. The lowest BCUT2D eigenvalue weighted by Gasteiger charge is -2.38. The first kappa shape index (κ1) is 15.5. The number of nitrogens with zero attached hydrogens (tertiary/aromatic N) is 1. The van der Waals surface area contributed by atoms with E-state index in [2.05, 4.69) is 20.8 Å². The first-order chi connectivity index (χ1) is 9.79. The third-order valence-corrected chi connectivity index (χ3v) is 4.36. The lowest BCUT2D eigenvalue weighted by molar-refractivity contribution is 0.0608. The molecule has 0 bridgehead atoms. The van der Waals surface area contributed by atoms with E-state index in [0.717, 1.165) is 25.9 Å². The molecular formula is C17H23NO3. The van der Waals surface area contributed by atoms with Crippen molar-refractivity contribution in [1.82, 2.24) is 4.90 Å². The van der Waals surface area contributed by atoms with E-state index in [9.17, 15) is 9.59 Å². The Balaban J connectivity index is 2.05. The number of benzene rings is 1. The molecule has 2 rings (SSSR count). The zero-order chi connectivity index (χ0) is 15.6. The summed E-state index contributed by atoms with van der Waals surface area (Å²) in [7, 11) is 0. The molecule has 0 spiro atoms. The van der Waals surface area contributed by atoms with E-state index in [1.54, 1.807) is 12.1 Å². The Morgan fingerprint density at radius 2 is 1.71 bits per heavy atom. The summed E-state index contributed by atoms with van der Waals surface area (Å²) in [6, 6.07) is 6.27. The van der Waals surface area contributed by atoms with Crippen LogP contribution in [0.4, 0.5) is 0 Å². The summed E-state index contributed by atoms with van der Waals surface area (Å²) in [5, 5.41) is 9.00. The number of rotatable bonds is 2. The molecule has 1 fully saturated rings. The number of carboxylic acids is 1. The summed E-state index contributed by atoms with van der Waals surface area (Å²) in [5.41, 5.74) is 0.896. The first-order valence-corrected chi connectivity index (χ1v) is 7.41. The molecule has 0 radical (unpaired) electrons. The maximum atomic E-state index is 12.5. The number of hydrogen-bond donors (Lipinski definition) is 1. The maximum absolute atomic E-state index is 12.5. The van der Waals surface area contributed by atoms with E-state index in [1.807, 2.05) is 4.90 Å². The molecule has 1 aromatic carbocycles. The van der Waals surface area contributed by atoms with Gasteiger partial charge < -0.3 is 10.0 Å². The van der Waals surface area contributed by atoms with Crippen LogP contribution in [-0.4, -0.2) is 35.0 Å². The molecule has 0 unspecified atom stereocenters. The molecule has 114 valence electrons. The van der Waals surface area contributed by atoms with Crippen LogP contribution in [0, 0.1) is 11.3 Å². The minimum absolute atomic E-state index is 0.0644. The van der Waals surface area contributed by atoms with Gasteiger partial charge in [-0.15, -0.1) is 0 Å². The summed E-state index contributed by atoms with van der Waals surface area (Å²) in [5.74, 6) is -0.437. The standard InChI is InChI=1S/C17H23NO3/c1-17(2,3)14-7-9-18(10-8-14)15(19)12-5-4-6-13(11-12)16(20)21/h4-6,11,14H,7-10H2,1-3H3,(H,20,21). The number of carbonyl (C=O) groups is 2. The van der Waals surface area contributed by atoms with Crippen LogP contribution in [-0.2, 0) is 0 Å². The van der Waals surface area contributed by atoms with Gasteiger partial charge in [-0.25, -0.2) is 4.79 Å². The number of likely N-dealkylation sites (tertiary alicyclic amines) is 1. The van der Waals surface area contributed by atoms with Crippen molar-refractivity contribution in [2.45, 2.75) is 33.6 Å². The maximum Gasteiger partial charge on any atom is 0.335 e. The zero-order valence-electron chi connectivity index (χ0n) is 12.9. The van der Waals surface area contributed by atoms with Gasteiger partial charge in [-0.3, -0.25) is 4.79 Å². The average Bonchev–Trinajstić information content (AvgIpc) is 2.46. The minimum Gasteiger partial charge on any atom is -0.478 e. The number of carbonyl (C=O) groups excluding carboxylic acids is 1. The lowest BCUT2D eigenvalue weighted by Crippen LogP contribution is -2.41. The van der Waals surface area contributed by atoms with Gasteiger partial charge in [0.25, 0.3) is 5.91 Å². The van der Waals surface area contributed by atoms with Crippen molar-refractivity contribution in [3.8, 4) is 0 Å². The van der Waals surface area contributed by atoms with Gasteiger partial charge in [0, 0.05) is 18.7 Å². The fraction of sp³-hybridized carbons (Fsp3) is 0.529. The molecule has 1 heterocycles. The molecule has 0 atom stereocenters. The van der Waals surface area contributed by atoms with Crippen LogP contribution in [0.2, 0.25) is 0 Å². The predicted octanol–water partition coefficient (Wildman–Crippen LogP) is 3.28. The lowest BCUT2D eigenvalue weighted by atomic mass is 9.75. The monoisotopic (exact) mass is 289 g/mol. The zero-order valence-corrected chi connectivity index (χ0v) is 12.9. The smallest absolute Gasteiger partial charge is 0.335 e. The molecule has 0 aromatic heterocycles. The topological polar surface area (TPSA) is 57.6 Å². The van der Waals surface area contributed by atoms with Crippen molar-refractivity contribution < 1.29 is 14.7 Å². The third-order valence-electron chi connectivity index (χ3n) is 4.36. The van der Waals surface area contributed by atoms with Gasteiger partial charge in [0.1, 0.15) is 0 Å². The second kappa shape index (κ2) is 5.88. The quantitative estimate of drug-likeness (QED) is 0.909. The molecule has 1 aliphatic rings. The van der Waals surface area contributed by atoms with Gasteiger partial charge in [0.15, 0.2) is 0 Å². The molecule has 21 heavy (non-hydrogen) atoms. The van der Waals surface area contributed by atoms with Crippen LogP contribution in [0.5, 0.6) is 0 Å². The van der Waals surface area contributed by atoms with E-state index in [4.69, 9.17) is 5.11 Å². The normalized spacial score (nSPS) is 16.8. The van der Waals surface area contributed by atoms with Crippen molar-refractivity contribution in [3.63, 3.8) is 0 Å². The second-order valence-corrected chi connectivity index (χ2v) is 6.82. The fourth-order valence-corrected chi connectivity index (χ4v) is 2.92. The van der Waals surface area contributed by atoms with Crippen molar-refractivity contribution >= 4 is 11.9 Å². The number of carboxylic acid groups (broad SMARTS) is 1. The molecule has 0 saturated carbocycles. The Hall–Kier alpha value is -1.84.